The summed E-state index contributed by atoms with van der Waals surface area (Å²) in [4.78, 5) is 12.9. The number of carbonyl (C=O) groups excluding carboxylic acids is 1. The van der Waals surface area contributed by atoms with Gasteiger partial charge in [-0.15, -0.1) is 0 Å². The van der Waals surface area contributed by atoms with Crippen molar-refractivity contribution in [1.82, 2.24) is 0 Å². The number of para-hydroxylation sites is 1. The van der Waals surface area contributed by atoms with E-state index in [2.05, 4.69) is 5.32 Å². The Bertz CT molecular complexity index is 1290. The lowest BCUT2D eigenvalue weighted by Gasteiger charge is -2.31. The highest BCUT2D eigenvalue weighted by molar-refractivity contribution is 7.97. The number of fused-ring (bicyclic) bond motifs is 1. The van der Waals surface area contributed by atoms with Crippen LogP contribution >= 0.6 is 0 Å². The Kier molecular flexibility index (Phi) is 5.41. The van der Waals surface area contributed by atoms with Crippen molar-refractivity contribution in [2.45, 2.75) is 27.3 Å². The molecule has 5 nitrogen and oxygen atoms in total. The van der Waals surface area contributed by atoms with Crippen LogP contribution in [-0.4, -0.2) is 14.2 Å². The molecule has 31 heavy (non-hydrogen) atoms. The second kappa shape index (κ2) is 8.04. The van der Waals surface area contributed by atoms with Gasteiger partial charge in [-0.05, 0) is 50.1 Å². The number of anilines is 2. The number of benzene rings is 3. The van der Waals surface area contributed by atoms with E-state index in [9.17, 15) is 13.2 Å². The van der Waals surface area contributed by atoms with Crippen LogP contribution in [0, 0.1) is 20.8 Å². The number of allylic oxidation sites excluding steroid dienone is 1. The summed E-state index contributed by atoms with van der Waals surface area (Å²) in [6.45, 7) is 6.05. The minimum atomic E-state index is -4.04. The second-order valence-electron chi connectivity index (χ2n) is 7.81. The summed E-state index contributed by atoms with van der Waals surface area (Å²) in [5.74, 6) is -0.506. The Morgan fingerprint density at radius 1 is 0.903 bits per heavy atom. The van der Waals surface area contributed by atoms with Gasteiger partial charge in [0.25, 0.3) is 10.0 Å². The largest absolute Gasteiger partial charge is 0.360 e. The fraction of sp³-hybridized carbons (Fsp3) is 0.160. The molecule has 1 heterocycles. The van der Waals surface area contributed by atoms with E-state index in [4.69, 9.17) is 0 Å². The smallest absolute Gasteiger partial charge is 0.270 e. The Balaban J connectivity index is 1.78. The van der Waals surface area contributed by atoms with Crippen LogP contribution in [-0.2, 0) is 16.6 Å². The highest BCUT2D eigenvalue weighted by Gasteiger charge is 2.40. The van der Waals surface area contributed by atoms with Crippen LogP contribution in [0.1, 0.15) is 32.6 Å². The third-order valence-electron chi connectivity index (χ3n) is 5.40. The highest BCUT2D eigenvalue weighted by atomic mass is 32.2. The molecule has 0 amide bonds. The SMILES string of the molecule is Cc1ccc(CN2c3ccccc3C(=O)C(=CNc3ccc(C)cc3C)S2(=O)=O)cc1. The molecular formula is C25H24N2O3S. The van der Waals surface area contributed by atoms with Crippen molar-refractivity contribution in [3.63, 3.8) is 0 Å². The summed E-state index contributed by atoms with van der Waals surface area (Å²) in [6.07, 6.45) is 1.31. The molecule has 0 spiro atoms. The van der Waals surface area contributed by atoms with E-state index in [1.165, 1.54) is 10.5 Å². The molecule has 0 atom stereocenters. The normalized spacial score (nSPS) is 16.3. The van der Waals surface area contributed by atoms with E-state index in [0.717, 1.165) is 27.9 Å². The Labute approximate surface area is 183 Å². The molecule has 1 N–H and O–H groups in total. The first kappa shape index (κ1) is 20.9. The monoisotopic (exact) mass is 432 g/mol. The minimum Gasteiger partial charge on any atom is -0.360 e. The van der Waals surface area contributed by atoms with E-state index >= 15 is 0 Å². The molecule has 158 valence electrons. The second-order valence-corrected chi connectivity index (χ2v) is 9.65. The van der Waals surface area contributed by atoms with Crippen LogP contribution in [0.25, 0.3) is 0 Å². The molecule has 0 aliphatic carbocycles. The van der Waals surface area contributed by atoms with Crippen molar-refractivity contribution in [2.24, 2.45) is 0 Å². The van der Waals surface area contributed by atoms with Gasteiger partial charge in [0, 0.05) is 17.5 Å². The van der Waals surface area contributed by atoms with E-state index in [-0.39, 0.29) is 11.4 Å². The highest BCUT2D eigenvalue weighted by Crippen LogP contribution is 2.36. The van der Waals surface area contributed by atoms with Crippen LogP contribution < -0.4 is 9.62 Å². The van der Waals surface area contributed by atoms with Gasteiger partial charge in [-0.3, -0.25) is 9.10 Å². The molecule has 0 bridgehead atoms. The topological polar surface area (TPSA) is 66.5 Å². The fourth-order valence-electron chi connectivity index (χ4n) is 3.67. The van der Waals surface area contributed by atoms with Crippen LogP contribution in [0.3, 0.4) is 0 Å². The first-order valence-electron chi connectivity index (χ1n) is 10.0. The first-order valence-corrected chi connectivity index (χ1v) is 11.5. The van der Waals surface area contributed by atoms with Crippen molar-refractivity contribution < 1.29 is 13.2 Å². The number of carbonyl (C=O) groups is 1. The maximum atomic E-state index is 13.5. The lowest BCUT2D eigenvalue weighted by atomic mass is 10.1. The number of nitrogens with zero attached hydrogens (tertiary/aromatic N) is 1. The molecule has 0 saturated carbocycles. The van der Waals surface area contributed by atoms with Gasteiger partial charge in [-0.2, -0.15) is 0 Å². The van der Waals surface area contributed by atoms with Crippen molar-refractivity contribution >= 4 is 27.2 Å². The minimum absolute atomic E-state index is 0.147. The number of nitrogens with one attached hydrogen (secondary N) is 1. The quantitative estimate of drug-likeness (QED) is 0.583. The summed E-state index contributed by atoms with van der Waals surface area (Å²) in [5.41, 5.74) is 5.55. The van der Waals surface area contributed by atoms with Crippen molar-refractivity contribution in [1.29, 1.82) is 0 Å². The molecular weight excluding hydrogens is 408 g/mol. The maximum absolute atomic E-state index is 13.5. The summed E-state index contributed by atoms with van der Waals surface area (Å²) in [5, 5.41) is 3.03. The maximum Gasteiger partial charge on any atom is 0.270 e. The Hall–Kier alpha value is -3.38. The average Bonchev–Trinajstić information content (AvgIpc) is 2.73. The number of aryl methyl sites for hydroxylation is 3. The third-order valence-corrected chi connectivity index (χ3v) is 7.16. The molecule has 4 rings (SSSR count). The molecule has 3 aromatic rings. The lowest BCUT2D eigenvalue weighted by Crippen LogP contribution is -2.39. The summed E-state index contributed by atoms with van der Waals surface area (Å²) >= 11 is 0. The molecule has 0 fully saturated rings. The van der Waals surface area contributed by atoms with Gasteiger partial charge in [0.05, 0.1) is 12.2 Å². The number of ketones is 1. The number of Topliss-reactive ketones (excluding diaryl/α,β-unsaturated/α-hetero) is 1. The zero-order valence-corrected chi connectivity index (χ0v) is 18.5. The molecule has 0 radical (unpaired) electrons. The van der Waals surface area contributed by atoms with Gasteiger partial charge in [-0.25, -0.2) is 8.42 Å². The fourth-order valence-corrected chi connectivity index (χ4v) is 5.20. The summed E-state index contributed by atoms with van der Waals surface area (Å²) in [7, 11) is -4.04. The van der Waals surface area contributed by atoms with Crippen molar-refractivity contribution in [2.75, 3.05) is 9.62 Å². The average molecular weight is 433 g/mol. The molecule has 1 aliphatic rings. The number of rotatable bonds is 4. The van der Waals surface area contributed by atoms with Crippen molar-refractivity contribution in [3.05, 3.63) is 106 Å². The molecule has 0 aromatic heterocycles. The molecule has 0 saturated heterocycles. The van der Waals surface area contributed by atoms with Gasteiger partial charge >= 0.3 is 0 Å². The zero-order chi connectivity index (χ0) is 22.2. The van der Waals surface area contributed by atoms with E-state index < -0.39 is 15.8 Å². The van der Waals surface area contributed by atoms with Gasteiger partial charge in [0.1, 0.15) is 0 Å². The number of hydrogen-bond donors (Lipinski definition) is 1. The third kappa shape index (κ3) is 3.99. The Morgan fingerprint density at radius 3 is 2.29 bits per heavy atom. The van der Waals surface area contributed by atoms with Gasteiger partial charge in [0.15, 0.2) is 4.91 Å². The van der Waals surface area contributed by atoms with Gasteiger partial charge in [-0.1, -0.05) is 59.7 Å². The molecule has 6 heteroatoms. The van der Waals surface area contributed by atoms with E-state index in [1.54, 1.807) is 24.3 Å². The molecule has 3 aromatic carbocycles. The standard InChI is InChI=1S/C25H24N2O3S/c1-17-8-11-20(12-9-17)16-27-23-7-5-4-6-21(23)25(28)24(31(27,29)30)15-26-22-13-10-18(2)14-19(22)3/h4-15,26H,16H2,1-3H3. The van der Waals surface area contributed by atoms with Crippen molar-refractivity contribution in [3.8, 4) is 0 Å². The van der Waals surface area contributed by atoms with Gasteiger partial charge < -0.3 is 5.32 Å². The number of hydrogen-bond acceptors (Lipinski definition) is 4. The van der Waals surface area contributed by atoms with Crippen LogP contribution in [0.4, 0.5) is 11.4 Å². The Morgan fingerprint density at radius 2 is 1.58 bits per heavy atom. The molecule has 0 unspecified atom stereocenters. The zero-order valence-electron chi connectivity index (χ0n) is 17.7. The van der Waals surface area contributed by atoms with E-state index in [1.807, 2.05) is 63.2 Å². The van der Waals surface area contributed by atoms with Crippen LogP contribution in [0.5, 0.6) is 0 Å². The lowest BCUT2D eigenvalue weighted by molar-refractivity contribution is 0.104. The summed E-state index contributed by atoms with van der Waals surface area (Å²) < 4.78 is 28.3. The van der Waals surface area contributed by atoms with Crippen LogP contribution in [0.15, 0.2) is 77.8 Å². The number of sulfonamides is 1. The predicted octanol–water partition coefficient (Wildman–Crippen LogP) is 5.10. The predicted molar refractivity (Wildman–Crippen MR) is 125 cm³/mol. The first-order chi connectivity index (χ1) is 14.8. The molecule has 1 aliphatic heterocycles. The summed E-state index contributed by atoms with van der Waals surface area (Å²) in [6, 6.07) is 20.3. The van der Waals surface area contributed by atoms with Gasteiger partial charge in [0.2, 0.25) is 5.78 Å². The van der Waals surface area contributed by atoms with E-state index in [0.29, 0.717) is 11.3 Å². The van der Waals surface area contributed by atoms with Crippen LogP contribution in [0.2, 0.25) is 0 Å².